The van der Waals surface area contributed by atoms with Crippen LogP contribution in [0.2, 0.25) is 0 Å². The molecule has 0 heterocycles. The third-order valence-corrected chi connectivity index (χ3v) is 3.62. The van der Waals surface area contributed by atoms with Crippen molar-refractivity contribution in [3.05, 3.63) is 35.9 Å². The summed E-state index contributed by atoms with van der Waals surface area (Å²) >= 11 is 0. The van der Waals surface area contributed by atoms with Crippen molar-refractivity contribution in [3.8, 4) is 0 Å². The highest BCUT2D eigenvalue weighted by Gasteiger charge is 2.21. The molecule has 2 unspecified atom stereocenters. The summed E-state index contributed by atoms with van der Waals surface area (Å²) in [6, 6.07) is 10.9. The van der Waals surface area contributed by atoms with E-state index in [2.05, 4.69) is 35.6 Å². The smallest absolute Gasteiger partial charge is 0.0693 e. The van der Waals surface area contributed by atoms with Crippen molar-refractivity contribution in [3.63, 3.8) is 0 Å². The Hall–Kier alpha value is -0.860. The molecule has 1 aliphatic carbocycles. The van der Waals surface area contributed by atoms with Crippen molar-refractivity contribution in [2.75, 3.05) is 6.54 Å². The van der Waals surface area contributed by atoms with Crippen molar-refractivity contribution >= 4 is 0 Å². The predicted octanol–water partition coefficient (Wildman–Crippen LogP) is 2.51. The second-order valence-electron chi connectivity index (χ2n) is 5.00. The maximum Gasteiger partial charge on any atom is 0.0693 e. The lowest BCUT2D eigenvalue weighted by Crippen LogP contribution is -2.42. The van der Waals surface area contributed by atoms with Crippen molar-refractivity contribution in [2.45, 2.75) is 50.7 Å². The molecule has 0 spiro atoms. The Morgan fingerprint density at radius 1 is 1.12 bits per heavy atom. The lowest BCUT2D eigenvalue weighted by molar-refractivity contribution is 0.0911. The fourth-order valence-electron chi connectivity index (χ4n) is 2.57. The molecule has 0 aliphatic heterocycles. The van der Waals surface area contributed by atoms with Crippen LogP contribution in [0.25, 0.3) is 0 Å². The van der Waals surface area contributed by atoms with Crippen LogP contribution in [0.3, 0.4) is 0 Å². The van der Waals surface area contributed by atoms with E-state index in [1.54, 1.807) is 0 Å². The molecule has 0 saturated heterocycles. The molecule has 0 amide bonds. The average Bonchev–Trinajstić information content (AvgIpc) is 2.38. The van der Waals surface area contributed by atoms with Crippen LogP contribution in [0.5, 0.6) is 0 Å². The third kappa shape index (κ3) is 4.14. The van der Waals surface area contributed by atoms with E-state index in [0.29, 0.717) is 6.04 Å². The molecule has 17 heavy (non-hydrogen) atoms. The van der Waals surface area contributed by atoms with Crippen LogP contribution in [0.4, 0.5) is 0 Å². The third-order valence-electron chi connectivity index (χ3n) is 3.62. The summed E-state index contributed by atoms with van der Waals surface area (Å²) < 4.78 is 0. The number of benzene rings is 1. The zero-order valence-electron chi connectivity index (χ0n) is 10.4. The molecule has 0 bridgehead atoms. The van der Waals surface area contributed by atoms with Gasteiger partial charge < -0.3 is 10.4 Å². The molecule has 2 nitrogen and oxygen atoms in total. The highest BCUT2D eigenvalue weighted by molar-refractivity contribution is 5.14. The molecule has 1 aromatic rings. The normalized spacial score (nSPS) is 24.8. The van der Waals surface area contributed by atoms with E-state index < -0.39 is 0 Å². The lowest BCUT2D eigenvalue weighted by atomic mass is 9.92. The van der Waals surface area contributed by atoms with Gasteiger partial charge in [-0.2, -0.15) is 0 Å². The average molecular weight is 233 g/mol. The maximum atomic E-state index is 9.82. The van der Waals surface area contributed by atoms with Crippen molar-refractivity contribution in [2.24, 2.45) is 0 Å². The monoisotopic (exact) mass is 233 g/mol. The number of rotatable bonds is 5. The van der Waals surface area contributed by atoms with Gasteiger partial charge in [-0.3, -0.25) is 0 Å². The Morgan fingerprint density at radius 2 is 1.88 bits per heavy atom. The largest absolute Gasteiger partial charge is 0.392 e. The van der Waals surface area contributed by atoms with Gasteiger partial charge in [0.15, 0.2) is 0 Å². The number of hydrogen-bond acceptors (Lipinski definition) is 2. The summed E-state index contributed by atoms with van der Waals surface area (Å²) in [5.41, 5.74) is 1.40. The van der Waals surface area contributed by atoms with Gasteiger partial charge in [-0.25, -0.2) is 0 Å². The van der Waals surface area contributed by atoms with E-state index in [-0.39, 0.29) is 6.10 Å². The summed E-state index contributed by atoms with van der Waals surface area (Å²) in [5.74, 6) is 0. The van der Waals surface area contributed by atoms with Crippen molar-refractivity contribution < 1.29 is 5.11 Å². The molecule has 0 aromatic heterocycles. The van der Waals surface area contributed by atoms with Crippen LogP contribution >= 0.6 is 0 Å². The van der Waals surface area contributed by atoms with Crippen LogP contribution in [-0.4, -0.2) is 23.8 Å². The fourth-order valence-corrected chi connectivity index (χ4v) is 2.57. The van der Waals surface area contributed by atoms with Crippen LogP contribution in [0.1, 0.15) is 37.7 Å². The van der Waals surface area contributed by atoms with E-state index in [0.717, 1.165) is 32.2 Å². The molecule has 1 fully saturated rings. The first kappa shape index (κ1) is 12.6. The predicted molar refractivity (Wildman–Crippen MR) is 71.0 cm³/mol. The summed E-state index contributed by atoms with van der Waals surface area (Å²) in [5, 5.41) is 13.3. The Kier molecular flexibility index (Phi) is 5.02. The number of aryl methyl sites for hydroxylation is 1. The first-order valence-corrected chi connectivity index (χ1v) is 6.81. The van der Waals surface area contributed by atoms with E-state index in [9.17, 15) is 5.11 Å². The molecule has 1 aromatic carbocycles. The molecular weight excluding hydrogens is 210 g/mol. The molecule has 2 atom stereocenters. The molecule has 1 saturated carbocycles. The fraction of sp³-hybridized carbons (Fsp3) is 0.600. The zero-order chi connectivity index (χ0) is 11.9. The zero-order valence-corrected chi connectivity index (χ0v) is 10.4. The summed E-state index contributed by atoms with van der Waals surface area (Å²) in [6.45, 7) is 1.01. The van der Waals surface area contributed by atoms with Crippen LogP contribution in [0.15, 0.2) is 30.3 Å². The van der Waals surface area contributed by atoms with Gasteiger partial charge in [0.2, 0.25) is 0 Å². The molecule has 94 valence electrons. The van der Waals surface area contributed by atoms with Gasteiger partial charge in [0.05, 0.1) is 6.10 Å². The van der Waals surface area contributed by atoms with Gasteiger partial charge >= 0.3 is 0 Å². The van der Waals surface area contributed by atoms with Gasteiger partial charge in [0.25, 0.3) is 0 Å². The molecule has 2 N–H and O–H groups in total. The number of nitrogens with one attached hydrogen (secondary N) is 1. The second kappa shape index (κ2) is 6.77. The molecular formula is C15H23NO. The lowest BCUT2D eigenvalue weighted by Gasteiger charge is -2.28. The van der Waals surface area contributed by atoms with E-state index in [1.165, 1.54) is 18.4 Å². The Balaban J connectivity index is 1.63. The van der Waals surface area contributed by atoms with Gasteiger partial charge in [-0.15, -0.1) is 0 Å². The van der Waals surface area contributed by atoms with Gasteiger partial charge in [-0.05, 0) is 37.8 Å². The molecule has 0 radical (unpaired) electrons. The minimum absolute atomic E-state index is 0.125. The topological polar surface area (TPSA) is 32.3 Å². The molecule has 2 rings (SSSR count). The van der Waals surface area contributed by atoms with E-state index >= 15 is 0 Å². The minimum atomic E-state index is -0.125. The quantitative estimate of drug-likeness (QED) is 0.766. The van der Waals surface area contributed by atoms with Gasteiger partial charge in [-0.1, -0.05) is 43.2 Å². The molecule has 1 aliphatic rings. The number of hydrogen-bond donors (Lipinski definition) is 2. The summed E-state index contributed by atoms with van der Waals surface area (Å²) in [7, 11) is 0. The maximum absolute atomic E-state index is 9.82. The van der Waals surface area contributed by atoms with Gasteiger partial charge in [0.1, 0.15) is 0 Å². The van der Waals surface area contributed by atoms with E-state index in [4.69, 9.17) is 0 Å². The highest BCUT2D eigenvalue weighted by Crippen LogP contribution is 2.18. The van der Waals surface area contributed by atoms with Gasteiger partial charge in [0, 0.05) is 6.04 Å². The SMILES string of the molecule is OC1CCCCC1NCCCc1ccccc1. The Bertz CT molecular complexity index is 312. The summed E-state index contributed by atoms with van der Waals surface area (Å²) in [6.07, 6.45) is 6.68. The van der Waals surface area contributed by atoms with Crippen molar-refractivity contribution in [1.82, 2.24) is 5.32 Å². The van der Waals surface area contributed by atoms with Crippen molar-refractivity contribution in [1.29, 1.82) is 0 Å². The van der Waals surface area contributed by atoms with Crippen LogP contribution in [0, 0.1) is 0 Å². The van der Waals surface area contributed by atoms with Crippen LogP contribution in [-0.2, 0) is 6.42 Å². The second-order valence-corrected chi connectivity index (χ2v) is 5.00. The Labute approximate surface area is 104 Å². The first-order valence-electron chi connectivity index (χ1n) is 6.81. The molecule has 2 heteroatoms. The number of aliphatic hydroxyl groups is 1. The standard InChI is InChI=1S/C15H23NO/c17-15-11-5-4-10-14(15)16-12-6-9-13-7-2-1-3-8-13/h1-3,7-8,14-17H,4-6,9-12H2. The first-order chi connectivity index (χ1) is 8.36. The highest BCUT2D eigenvalue weighted by atomic mass is 16.3. The van der Waals surface area contributed by atoms with Crippen LogP contribution < -0.4 is 5.32 Å². The Morgan fingerprint density at radius 3 is 2.65 bits per heavy atom. The minimum Gasteiger partial charge on any atom is -0.392 e. The summed E-state index contributed by atoms with van der Waals surface area (Å²) in [4.78, 5) is 0. The number of aliphatic hydroxyl groups excluding tert-OH is 1. The van der Waals surface area contributed by atoms with E-state index in [1.807, 2.05) is 0 Å².